The third-order valence-corrected chi connectivity index (χ3v) is 6.91. The summed E-state index contributed by atoms with van der Waals surface area (Å²) in [7, 11) is 1.32. The van der Waals surface area contributed by atoms with E-state index in [9.17, 15) is 14.4 Å². The van der Waals surface area contributed by atoms with Gasteiger partial charge in [-0.1, -0.05) is 50.1 Å². The molecule has 0 bridgehead atoms. The number of hydrogen-bond donors (Lipinski definition) is 0. The van der Waals surface area contributed by atoms with E-state index in [2.05, 4.69) is 6.92 Å². The number of carbonyl (C=O) groups excluding carboxylic acids is 3. The summed E-state index contributed by atoms with van der Waals surface area (Å²) < 4.78 is 10.6. The second kappa shape index (κ2) is 11.1. The van der Waals surface area contributed by atoms with Gasteiger partial charge in [0.2, 0.25) is 5.91 Å². The van der Waals surface area contributed by atoms with E-state index >= 15 is 0 Å². The maximum absolute atomic E-state index is 13.8. The molecule has 8 heteroatoms. The fourth-order valence-electron chi connectivity index (χ4n) is 4.97. The minimum atomic E-state index is -0.974. The average molecular weight is 515 g/mol. The molecule has 2 aliphatic heterocycles. The first-order chi connectivity index (χ1) is 18.5. The Morgan fingerprint density at radius 3 is 2.24 bits per heavy atom. The van der Waals surface area contributed by atoms with Crippen LogP contribution in [0.25, 0.3) is 0 Å². The van der Waals surface area contributed by atoms with Crippen LogP contribution in [0.5, 0.6) is 5.75 Å². The summed E-state index contributed by atoms with van der Waals surface area (Å²) in [5.41, 5.74) is 2.34. The van der Waals surface area contributed by atoms with Crippen molar-refractivity contribution in [3.8, 4) is 5.75 Å². The predicted molar refractivity (Wildman–Crippen MR) is 142 cm³/mol. The van der Waals surface area contributed by atoms with Crippen LogP contribution in [0.3, 0.4) is 0 Å². The number of hydroxylamine groups is 1. The molecule has 0 aliphatic carbocycles. The normalized spacial score (nSPS) is 20.5. The Morgan fingerprint density at radius 2 is 1.58 bits per heavy atom. The highest BCUT2D eigenvalue weighted by Crippen LogP contribution is 2.47. The number of rotatable bonds is 9. The van der Waals surface area contributed by atoms with Crippen LogP contribution in [0, 0.1) is 5.92 Å². The van der Waals surface area contributed by atoms with Gasteiger partial charge in [0.05, 0.1) is 36.7 Å². The van der Waals surface area contributed by atoms with Crippen molar-refractivity contribution in [3.63, 3.8) is 0 Å². The number of imide groups is 1. The van der Waals surface area contributed by atoms with Gasteiger partial charge in [-0.25, -0.2) is 14.8 Å². The van der Waals surface area contributed by atoms with E-state index in [0.717, 1.165) is 30.5 Å². The second-order valence-corrected chi connectivity index (χ2v) is 9.33. The number of methoxy groups -OCH3 is 1. The first kappa shape index (κ1) is 25.5. The molecule has 196 valence electrons. The number of fused-ring (bicyclic) bond motifs is 1. The van der Waals surface area contributed by atoms with Crippen LogP contribution in [0.2, 0.25) is 0 Å². The van der Waals surface area contributed by atoms with Crippen LogP contribution in [0.4, 0.5) is 11.4 Å². The van der Waals surface area contributed by atoms with Crippen molar-refractivity contribution < 1.29 is 28.7 Å². The lowest BCUT2D eigenvalue weighted by molar-refractivity contribution is -0.126. The molecule has 2 amide bonds. The first-order valence-electron chi connectivity index (χ1n) is 12.8. The Hall–Kier alpha value is -4.17. The molecule has 38 heavy (non-hydrogen) atoms. The number of anilines is 2. The molecule has 0 radical (unpaired) electrons. The van der Waals surface area contributed by atoms with Crippen LogP contribution in [-0.2, 0) is 19.2 Å². The molecular formula is C30H30N2O6. The van der Waals surface area contributed by atoms with Crippen molar-refractivity contribution in [2.75, 3.05) is 23.7 Å². The third-order valence-electron chi connectivity index (χ3n) is 6.91. The first-order valence-corrected chi connectivity index (χ1v) is 12.8. The van der Waals surface area contributed by atoms with Gasteiger partial charge in [0.1, 0.15) is 11.7 Å². The van der Waals surface area contributed by atoms with E-state index in [1.54, 1.807) is 53.6 Å². The van der Waals surface area contributed by atoms with E-state index < -0.39 is 29.9 Å². The van der Waals surface area contributed by atoms with Crippen LogP contribution in [0.1, 0.15) is 48.1 Å². The quantitative estimate of drug-likeness (QED) is 0.223. The van der Waals surface area contributed by atoms with Crippen LogP contribution >= 0.6 is 0 Å². The molecule has 0 spiro atoms. The number of para-hydroxylation sites is 1. The number of nitrogens with zero attached hydrogens (tertiary/aromatic N) is 2. The number of ether oxygens (including phenoxy) is 2. The molecule has 2 fully saturated rings. The Kier molecular flexibility index (Phi) is 7.42. The Balaban J connectivity index is 1.43. The van der Waals surface area contributed by atoms with Gasteiger partial charge in [0.25, 0.3) is 5.91 Å². The molecule has 3 aromatic carbocycles. The molecule has 0 saturated carbocycles. The minimum Gasteiger partial charge on any atom is -0.494 e. The summed E-state index contributed by atoms with van der Waals surface area (Å²) in [6.45, 7) is 2.76. The van der Waals surface area contributed by atoms with Gasteiger partial charge in [-0.15, -0.1) is 0 Å². The number of benzene rings is 3. The summed E-state index contributed by atoms with van der Waals surface area (Å²) >= 11 is 0. The molecule has 2 heterocycles. The SMILES string of the molecule is CCCCCOc1ccc(N2C(=O)[C@H]3[C@H](ON(c4ccccc4)[C@@H]3c3ccc(C(=O)OC)cc3)C2=O)cc1. The molecule has 0 unspecified atom stereocenters. The molecule has 3 atom stereocenters. The van der Waals surface area contributed by atoms with Gasteiger partial charge in [-0.3, -0.25) is 14.4 Å². The van der Waals surface area contributed by atoms with Crippen molar-refractivity contribution in [3.05, 3.63) is 90.0 Å². The van der Waals surface area contributed by atoms with E-state index in [1.165, 1.54) is 12.0 Å². The number of hydrogen-bond acceptors (Lipinski definition) is 7. The Labute approximate surface area is 221 Å². The summed E-state index contributed by atoms with van der Waals surface area (Å²) in [6.07, 6.45) is 2.22. The van der Waals surface area contributed by atoms with Crippen LogP contribution < -0.4 is 14.7 Å². The average Bonchev–Trinajstić information content (AvgIpc) is 3.47. The zero-order chi connectivity index (χ0) is 26.6. The third kappa shape index (κ3) is 4.75. The van der Waals surface area contributed by atoms with Gasteiger partial charge in [-0.05, 0) is 60.5 Å². The zero-order valence-electron chi connectivity index (χ0n) is 21.4. The van der Waals surface area contributed by atoms with Gasteiger partial charge >= 0.3 is 5.97 Å². The number of unbranched alkanes of at least 4 members (excludes halogenated alkanes) is 2. The van der Waals surface area contributed by atoms with E-state index in [-0.39, 0.29) is 5.91 Å². The van der Waals surface area contributed by atoms with Gasteiger partial charge in [-0.2, -0.15) is 0 Å². The Morgan fingerprint density at radius 1 is 0.868 bits per heavy atom. The summed E-state index contributed by atoms with van der Waals surface area (Å²) in [5.74, 6) is -1.27. The van der Waals surface area contributed by atoms with E-state index in [0.29, 0.717) is 23.6 Å². The molecule has 5 rings (SSSR count). The highest BCUT2D eigenvalue weighted by Gasteiger charge is 2.60. The molecule has 3 aromatic rings. The summed E-state index contributed by atoms with van der Waals surface area (Å²) in [5, 5.41) is 1.63. The van der Waals surface area contributed by atoms with Crippen molar-refractivity contribution in [1.29, 1.82) is 0 Å². The van der Waals surface area contributed by atoms with Gasteiger partial charge in [0, 0.05) is 0 Å². The largest absolute Gasteiger partial charge is 0.494 e. The Bertz CT molecular complexity index is 1290. The van der Waals surface area contributed by atoms with E-state index in [4.69, 9.17) is 14.3 Å². The lowest BCUT2D eigenvalue weighted by Gasteiger charge is -2.28. The smallest absolute Gasteiger partial charge is 0.337 e. The number of esters is 1. The van der Waals surface area contributed by atoms with Gasteiger partial charge in [0.15, 0.2) is 6.10 Å². The fourth-order valence-corrected chi connectivity index (χ4v) is 4.97. The van der Waals surface area contributed by atoms with Crippen molar-refractivity contribution in [2.24, 2.45) is 5.92 Å². The molecule has 2 saturated heterocycles. The second-order valence-electron chi connectivity index (χ2n) is 9.33. The van der Waals surface area contributed by atoms with Crippen molar-refractivity contribution >= 4 is 29.2 Å². The topological polar surface area (TPSA) is 85.4 Å². The van der Waals surface area contributed by atoms with E-state index in [1.807, 2.05) is 30.3 Å². The fraction of sp³-hybridized carbons (Fsp3) is 0.300. The summed E-state index contributed by atoms with van der Waals surface area (Å²) in [6, 6.07) is 22.6. The van der Waals surface area contributed by atoms with Crippen molar-refractivity contribution in [2.45, 2.75) is 38.3 Å². The number of carbonyl (C=O) groups is 3. The minimum absolute atomic E-state index is 0.336. The standard InChI is InChI=1S/C30H30N2O6/c1-3-4-8-19-37-24-17-15-22(16-18-24)31-28(33)25-26(20-11-13-21(14-12-20)30(35)36-2)32(38-27(25)29(31)34)23-9-6-5-7-10-23/h5-7,9-18,25-27H,3-4,8,19H2,1-2H3/t25-,26-,27+/m1/s1. The molecular weight excluding hydrogens is 484 g/mol. The molecule has 0 N–H and O–H groups in total. The van der Waals surface area contributed by atoms with Crippen LogP contribution in [0.15, 0.2) is 78.9 Å². The lowest BCUT2D eigenvalue weighted by Crippen LogP contribution is -2.37. The maximum Gasteiger partial charge on any atom is 0.337 e. The predicted octanol–water partition coefficient (Wildman–Crippen LogP) is 5.09. The molecule has 8 nitrogen and oxygen atoms in total. The number of amides is 2. The maximum atomic E-state index is 13.8. The molecule has 0 aromatic heterocycles. The monoisotopic (exact) mass is 514 g/mol. The van der Waals surface area contributed by atoms with Crippen LogP contribution in [-0.4, -0.2) is 37.6 Å². The van der Waals surface area contributed by atoms with Gasteiger partial charge < -0.3 is 9.47 Å². The zero-order valence-corrected chi connectivity index (χ0v) is 21.4. The molecule has 2 aliphatic rings. The highest BCUT2D eigenvalue weighted by molar-refractivity contribution is 6.24. The lowest BCUT2D eigenvalue weighted by atomic mass is 9.90. The summed E-state index contributed by atoms with van der Waals surface area (Å²) in [4.78, 5) is 46.7. The van der Waals surface area contributed by atoms with Crippen molar-refractivity contribution in [1.82, 2.24) is 0 Å². The highest BCUT2D eigenvalue weighted by atomic mass is 16.7.